The lowest BCUT2D eigenvalue weighted by atomic mass is 10.2. The quantitative estimate of drug-likeness (QED) is 0.742. The Morgan fingerprint density at radius 3 is 2.04 bits per heavy atom. The van der Waals surface area contributed by atoms with E-state index >= 15 is 0 Å². The first kappa shape index (κ1) is 14.8. The van der Waals surface area contributed by atoms with Gasteiger partial charge >= 0.3 is 0 Å². The van der Waals surface area contributed by atoms with E-state index in [1.54, 1.807) is 0 Å². The molecule has 3 heterocycles. The summed E-state index contributed by atoms with van der Waals surface area (Å²) >= 11 is 1.40. The van der Waals surface area contributed by atoms with Gasteiger partial charge in [-0.05, 0) is 18.4 Å². The van der Waals surface area contributed by atoms with E-state index in [9.17, 15) is 0 Å². The van der Waals surface area contributed by atoms with Crippen molar-refractivity contribution in [2.75, 3.05) is 32.7 Å². The van der Waals surface area contributed by atoms with Gasteiger partial charge in [0, 0.05) is 11.6 Å². The van der Waals surface area contributed by atoms with Gasteiger partial charge in [0.1, 0.15) is 23.7 Å². The molecule has 122 valence electrons. The molecule has 2 saturated heterocycles. The largest absolute Gasteiger partial charge is 0.485 e. The van der Waals surface area contributed by atoms with E-state index in [2.05, 4.69) is 10.1 Å². The van der Waals surface area contributed by atoms with Crippen molar-refractivity contribution in [3.8, 4) is 22.9 Å². The second-order valence-corrected chi connectivity index (χ2v) is 6.09. The van der Waals surface area contributed by atoms with Crippen LogP contribution in [0.2, 0.25) is 0 Å². The molecule has 0 spiro atoms. The average Bonchev–Trinajstić information content (AvgIpc) is 2.96. The molecule has 0 unspecified atom stereocenters. The first-order valence-corrected chi connectivity index (χ1v) is 8.54. The first-order valence-electron chi connectivity index (χ1n) is 7.32. The van der Waals surface area contributed by atoms with Gasteiger partial charge in [-0.1, -0.05) is 16.9 Å². The topological polar surface area (TPSA) is 75.8 Å². The Morgan fingerprint density at radius 1 is 1.00 bits per heavy atom. The van der Waals surface area contributed by atoms with Crippen LogP contribution in [0.15, 0.2) is 27.9 Å². The number of hydrogen-bond donors (Lipinski definition) is 0. The predicted octanol–water partition coefficient (Wildman–Crippen LogP) is 2.01. The maximum Gasteiger partial charge on any atom is 0.285 e. The number of nitrogens with zero attached hydrogens (tertiary/aromatic N) is 2. The van der Waals surface area contributed by atoms with Crippen molar-refractivity contribution in [3.63, 3.8) is 0 Å². The summed E-state index contributed by atoms with van der Waals surface area (Å²) in [5.74, 6) is 1.93. The number of benzene rings is 1. The zero-order chi connectivity index (χ0) is 15.6. The molecule has 0 amide bonds. The molecule has 0 saturated carbocycles. The lowest BCUT2D eigenvalue weighted by Gasteiger charge is -2.28. The molecule has 2 aromatic rings. The molecule has 2 fully saturated rings. The van der Waals surface area contributed by atoms with Crippen LogP contribution >= 0.6 is 11.8 Å². The Kier molecular flexibility index (Phi) is 4.11. The highest BCUT2D eigenvalue weighted by atomic mass is 32.2. The third kappa shape index (κ3) is 3.29. The van der Waals surface area contributed by atoms with Crippen molar-refractivity contribution in [2.45, 2.75) is 17.4 Å². The maximum absolute atomic E-state index is 5.89. The van der Waals surface area contributed by atoms with Crippen LogP contribution in [0.4, 0.5) is 0 Å². The highest BCUT2D eigenvalue weighted by molar-refractivity contribution is 7.98. The molecule has 0 N–H and O–H groups in total. The van der Waals surface area contributed by atoms with Crippen molar-refractivity contribution in [2.24, 2.45) is 0 Å². The fourth-order valence-electron chi connectivity index (χ4n) is 2.20. The monoisotopic (exact) mass is 336 g/mol. The molecule has 2 aliphatic rings. The van der Waals surface area contributed by atoms with Gasteiger partial charge in [0.15, 0.2) is 0 Å². The van der Waals surface area contributed by atoms with E-state index in [4.69, 9.17) is 23.5 Å². The van der Waals surface area contributed by atoms with Gasteiger partial charge in [-0.15, -0.1) is 0 Å². The van der Waals surface area contributed by atoms with Crippen LogP contribution < -0.4 is 9.47 Å². The molecule has 0 bridgehead atoms. The summed E-state index contributed by atoms with van der Waals surface area (Å²) in [6.45, 7) is 2.43. The normalized spacial score (nSPS) is 18.3. The fraction of sp³-hybridized carbons (Fsp3) is 0.467. The number of thioether (sulfide) groups is 1. The first-order chi connectivity index (χ1) is 11.3. The second kappa shape index (κ2) is 6.38. The number of rotatable bonds is 6. The number of hydrogen-bond acceptors (Lipinski definition) is 8. The lowest BCUT2D eigenvalue weighted by molar-refractivity contribution is -0.0824. The highest BCUT2D eigenvalue weighted by Gasteiger charge is 2.23. The van der Waals surface area contributed by atoms with Crippen LogP contribution in [0.5, 0.6) is 11.5 Å². The third-order valence-electron chi connectivity index (χ3n) is 3.54. The van der Waals surface area contributed by atoms with Crippen molar-refractivity contribution in [3.05, 3.63) is 18.2 Å². The lowest BCUT2D eigenvalue weighted by Crippen LogP contribution is -2.39. The average molecular weight is 336 g/mol. The molecule has 23 heavy (non-hydrogen) atoms. The number of aromatic nitrogens is 2. The van der Waals surface area contributed by atoms with Gasteiger partial charge < -0.3 is 23.5 Å². The smallest absolute Gasteiger partial charge is 0.285 e. The Hall–Kier alpha value is -1.77. The second-order valence-electron chi connectivity index (χ2n) is 5.34. The van der Waals surface area contributed by atoms with Crippen LogP contribution in [0.3, 0.4) is 0 Å². The zero-order valence-corrected chi connectivity index (χ0v) is 13.4. The third-order valence-corrected chi connectivity index (χ3v) is 4.06. The van der Waals surface area contributed by atoms with Gasteiger partial charge in [0.25, 0.3) is 5.22 Å². The summed E-state index contributed by atoms with van der Waals surface area (Å²) in [5.41, 5.74) is 0.794. The van der Waals surface area contributed by atoms with Gasteiger partial charge in [0.2, 0.25) is 5.82 Å². The van der Waals surface area contributed by atoms with E-state index < -0.39 is 0 Å². The molecule has 0 aliphatic carbocycles. The Labute approximate surface area is 137 Å². The zero-order valence-electron chi connectivity index (χ0n) is 12.6. The molecule has 4 rings (SSSR count). The van der Waals surface area contributed by atoms with Crippen molar-refractivity contribution < 1.29 is 23.5 Å². The van der Waals surface area contributed by atoms with Gasteiger partial charge in [-0.3, -0.25) is 0 Å². The van der Waals surface area contributed by atoms with Crippen LogP contribution in [-0.2, 0) is 9.47 Å². The van der Waals surface area contributed by atoms with E-state index in [0.717, 1.165) is 5.56 Å². The SMILES string of the molecule is CSc1nc(-c2cc(OC3COC3)cc(OC3COC3)c2)no1. The van der Waals surface area contributed by atoms with Crippen LogP contribution in [0.1, 0.15) is 0 Å². The molecule has 7 nitrogen and oxygen atoms in total. The summed E-state index contributed by atoms with van der Waals surface area (Å²) < 4.78 is 27.2. The van der Waals surface area contributed by atoms with Crippen molar-refractivity contribution in [1.82, 2.24) is 10.1 Å². The van der Waals surface area contributed by atoms with Gasteiger partial charge in [-0.2, -0.15) is 4.98 Å². The fourth-order valence-corrected chi connectivity index (χ4v) is 2.49. The van der Waals surface area contributed by atoms with Gasteiger partial charge in [-0.25, -0.2) is 0 Å². The molecular formula is C15H16N2O5S. The highest BCUT2D eigenvalue weighted by Crippen LogP contribution is 2.31. The van der Waals surface area contributed by atoms with Crippen LogP contribution in [-0.4, -0.2) is 55.0 Å². The molecule has 1 aromatic carbocycles. The molecular weight excluding hydrogens is 320 g/mol. The summed E-state index contributed by atoms with van der Waals surface area (Å²) in [6.07, 6.45) is 2.05. The van der Waals surface area contributed by atoms with E-state index in [0.29, 0.717) is 49.0 Å². The van der Waals surface area contributed by atoms with Crippen molar-refractivity contribution in [1.29, 1.82) is 0 Å². The summed E-state index contributed by atoms with van der Waals surface area (Å²) in [6, 6.07) is 5.64. The van der Waals surface area contributed by atoms with E-state index in [1.165, 1.54) is 11.8 Å². The molecule has 1 aromatic heterocycles. The van der Waals surface area contributed by atoms with Crippen LogP contribution in [0.25, 0.3) is 11.4 Å². The Bertz CT molecular complexity index is 650. The molecule has 2 aliphatic heterocycles. The van der Waals surface area contributed by atoms with E-state index in [1.807, 2.05) is 24.5 Å². The van der Waals surface area contributed by atoms with Crippen molar-refractivity contribution >= 4 is 11.8 Å². The summed E-state index contributed by atoms with van der Waals surface area (Å²) in [5, 5.41) is 4.52. The van der Waals surface area contributed by atoms with Gasteiger partial charge in [0.05, 0.1) is 26.4 Å². The Morgan fingerprint density at radius 2 is 1.61 bits per heavy atom. The summed E-state index contributed by atoms with van der Waals surface area (Å²) in [7, 11) is 0. The minimum atomic E-state index is 0.0807. The summed E-state index contributed by atoms with van der Waals surface area (Å²) in [4.78, 5) is 4.33. The Balaban J connectivity index is 1.61. The standard InChI is InChI=1S/C15H16N2O5S/c1-23-15-16-14(17-22-15)9-2-10(20-12-5-18-6-12)4-11(3-9)21-13-7-19-8-13/h2-4,12-13H,5-8H2,1H3. The molecule has 0 radical (unpaired) electrons. The van der Waals surface area contributed by atoms with Crippen LogP contribution in [0, 0.1) is 0 Å². The minimum absolute atomic E-state index is 0.0807. The molecule has 0 atom stereocenters. The number of ether oxygens (including phenoxy) is 4. The maximum atomic E-state index is 5.89. The molecule has 8 heteroatoms. The predicted molar refractivity (Wildman–Crippen MR) is 82.0 cm³/mol. The van der Waals surface area contributed by atoms with E-state index in [-0.39, 0.29) is 12.2 Å². The minimum Gasteiger partial charge on any atom is -0.485 e.